The smallest absolute Gasteiger partial charge is 0.337 e. The first-order valence-electron chi connectivity index (χ1n) is 6.20. The Morgan fingerprint density at radius 3 is 2.67 bits per heavy atom. The monoisotopic (exact) mass is 332 g/mol. The van der Waals surface area contributed by atoms with E-state index in [0.29, 0.717) is 19.6 Å². The molecule has 8 heteroatoms. The van der Waals surface area contributed by atoms with Crippen molar-refractivity contribution in [2.24, 2.45) is 0 Å². The van der Waals surface area contributed by atoms with E-state index in [1.807, 2.05) is 6.92 Å². The van der Waals surface area contributed by atoms with Crippen LogP contribution in [-0.2, 0) is 4.74 Å². The molecule has 1 saturated heterocycles. The van der Waals surface area contributed by atoms with Crippen LogP contribution in [0.25, 0.3) is 0 Å². The van der Waals surface area contributed by atoms with Crippen molar-refractivity contribution < 1.29 is 19.4 Å². The molecule has 1 aromatic carbocycles. The van der Waals surface area contributed by atoms with Crippen molar-refractivity contribution in [3.05, 3.63) is 27.7 Å². The van der Waals surface area contributed by atoms with Crippen LogP contribution < -0.4 is 10.6 Å². The van der Waals surface area contributed by atoms with E-state index < -0.39 is 17.5 Å². The highest BCUT2D eigenvalue weighted by atomic mass is 35.5. The number of carboxylic acids is 1. The normalized spacial score (nSPS) is 21.1. The molecule has 2 amide bonds. The molecule has 1 atom stereocenters. The minimum atomic E-state index is -1.23. The molecule has 1 heterocycles. The summed E-state index contributed by atoms with van der Waals surface area (Å²) in [5, 5.41) is 14.6. The van der Waals surface area contributed by atoms with Crippen molar-refractivity contribution in [3.8, 4) is 0 Å². The highest BCUT2D eigenvalue weighted by Gasteiger charge is 2.31. The van der Waals surface area contributed by atoms with Crippen LogP contribution in [0.2, 0.25) is 10.0 Å². The molecule has 1 fully saturated rings. The summed E-state index contributed by atoms with van der Waals surface area (Å²) in [6.45, 7) is 2.82. The Labute approximate surface area is 131 Å². The lowest BCUT2D eigenvalue weighted by molar-refractivity contribution is 0.0698. The van der Waals surface area contributed by atoms with E-state index in [9.17, 15) is 9.59 Å². The molecule has 21 heavy (non-hydrogen) atoms. The van der Waals surface area contributed by atoms with Gasteiger partial charge in [-0.2, -0.15) is 0 Å². The molecule has 0 aromatic heterocycles. The standard InChI is InChI=1S/C13H14Cl2N2O4/c1-13(2-3-21-6-13)17-12(20)16-10-8(11(18)19)4-7(14)5-9(10)15/h4-5H,2-3,6H2,1H3,(H,18,19)(H2,16,17,20). The zero-order valence-electron chi connectivity index (χ0n) is 11.2. The van der Waals surface area contributed by atoms with E-state index in [-0.39, 0.29) is 21.3 Å². The molecule has 0 radical (unpaired) electrons. The lowest BCUT2D eigenvalue weighted by atomic mass is 10.0. The van der Waals surface area contributed by atoms with Crippen molar-refractivity contribution in [1.29, 1.82) is 0 Å². The summed E-state index contributed by atoms with van der Waals surface area (Å²) < 4.78 is 5.23. The van der Waals surface area contributed by atoms with E-state index >= 15 is 0 Å². The topological polar surface area (TPSA) is 87.7 Å². The van der Waals surface area contributed by atoms with Gasteiger partial charge in [0.25, 0.3) is 0 Å². The Bertz CT molecular complexity index is 586. The summed E-state index contributed by atoms with van der Waals surface area (Å²) in [5.41, 5.74) is -0.643. The minimum Gasteiger partial charge on any atom is -0.478 e. The van der Waals surface area contributed by atoms with E-state index in [0.717, 1.165) is 0 Å². The molecule has 114 valence electrons. The number of anilines is 1. The molecule has 2 rings (SSSR count). The third-order valence-corrected chi connectivity index (χ3v) is 3.67. The third kappa shape index (κ3) is 3.78. The number of halogens is 2. The van der Waals surface area contributed by atoms with Crippen LogP contribution in [0.1, 0.15) is 23.7 Å². The maximum Gasteiger partial charge on any atom is 0.337 e. The number of ether oxygens (including phenoxy) is 1. The van der Waals surface area contributed by atoms with Gasteiger partial charge < -0.3 is 20.5 Å². The summed E-state index contributed by atoms with van der Waals surface area (Å²) in [5.74, 6) is -1.23. The summed E-state index contributed by atoms with van der Waals surface area (Å²) in [7, 11) is 0. The molecule has 3 N–H and O–H groups in total. The number of carbonyl (C=O) groups is 2. The Morgan fingerprint density at radius 1 is 1.38 bits per heavy atom. The van der Waals surface area contributed by atoms with Crippen molar-refractivity contribution in [2.45, 2.75) is 18.9 Å². The Hall–Kier alpha value is -1.50. The van der Waals surface area contributed by atoms with Crippen LogP contribution in [0.15, 0.2) is 12.1 Å². The van der Waals surface area contributed by atoms with Crippen LogP contribution in [0.4, 0.5) is 10.5 Å². The fourth-order valence-electron chi connectivity index (χ4n) is 2.05. The van der Waals surface area contributed by atoms with Crippen molar-refractivity contribution in [2.75, 3.05) is 18.5 Å². The predicted molar refractivity (Wildman–Crippen MR) is 79.4 cm³/mol. The summed E-state index contributed by atoms with van der Waals surface area (Å²) in [4.78, 5) is 23.2. The number of carbonyl (C=O) groups excluding carboxylic acids is 1. The van der Waals surface area contributed by atoms with Gasteiger partial charge in [0, 0.05) is 11.6 Å². The van der Waals surface area contributed by atoms with Gasteiger partial charge in [-0.3, -0.25) is 0 Å². The Balaban J connectivity index is 2.19. The molecular formula is C13H14Cl2N2O4. The summed E-state index contributed by atoms with van der Waals surface area (Å²) in [6.07, 6.45) is 0.681. The molecule has 1 aromatic rings. The van der Waals surface area contributed by atoms with Crippen molar-refractivity contribution in [3.63, 3.8) is 0 Å². The number of amides is 2. The second-order valence-corrected chi connectivity index (χ2v) is 5.90. The number of hydrogen-bond donors (Lipinski definition) is 3. The fraction of sp³-hybridized carbons (Fsp3) is 0.385. The SMILES string of the molecule is CC1(NC(=O)Nc2c(Cl)cc(Cl)cc2C(=O)O)CCOC1. The molecular weight excluding hydrogens is 319 g/mol. The van der Waals surface area contributed by atoms with Gasteiger partial charge in [0.1, 0.15) is 0 Å². The summed E-state index contributed by atoms with van der Waals surface area (Å²) in [6, 6.07) is 2.05. The molecule has 0 saturated carbocycles. The quantitative estimate of drug-likeness (QED) is 0.793. The second-order valence-electron chi connectivity index (χ2n) is 5.06. The fourth-order valence-corrected chi connectivity index (χ4v) is 2.59. The van der Waals surface area contributed by atoms with Crippen LogP contribution in [0.5, 0.6) is 0 Å². The van der Waals surface area contributed by atoms with Gasteiger partial charge in [0.05, 0.1) is 28.4 Å². The third-order valence-electron chi connectivity index (χ3n) is 3.16. The van der Waals surface area contributed by atoms with Gasteiger partial charge in [0.2, 0.25) is 0 Å². The maximum absolute atomic E-state index is 12.0. The first-order valence-corrected chi connectivity index (χ1v) is 6.95. The highest BCUT2D eigenvalue weighted by Crippen LogP contribution is 2.30. The van der Waals surface area contributed by atoms with Gasteiger partial charge >= 0.3 is 12.0 Å². The predicted octanol–water partition coefficient (Wildman–Crippen LogP) is 2.99. The molecule has 0 bridgehead atoms. The highest BCUT2D eigenvalue weighted by molar-refractivity contribution is 6.37. The number of nitrogens with one attached hydrogen (secondary N) is 2. The molecule has 6 nitrogen and oxygen atoms in total. The first-order chi connectivity index (χ1) is 9.81. The lowest BCUT2D eigenvalue weighted by Gasteiger charge is -2.24. The Kier molecular flexibility index (Phi) is 4.61. The van der Waals surface area contributed by atoms with Crippen LogP contribution in [0, 0.1) is 0 Å². The van der Waals surface area contributed by atoms with Gasteiger partial charge in [0.15, 0.2) is 0 Å². The van der Waals surface area contributed by atoms with E-state index in [1.54, 1.807) is 0 Å². The van der Waals surface area contributed by atoms with Crippen molar-refractivity contribution >= 4 is 40.9 Å². The number of benzene rings is 1. The summed E-state index contributed by atoms with van der Waals surface area (Å²) >= 11 is 11.7. The number of carboxylic acid groups (broad SMARTS) is 1. The van der Waals surface area contributed by atoms with E-state index in [1.165, 1.54) is 12.1 Å². The average molecular weight is 333 g/mol. The van der Waals surface area contributed by atoms with Crippen LogP contribution in [-0.4, -0.2) is 35.9 Å². The second kappa shape index (κ2) is 6.09. The number of rotatable bonds is 3. The maximum atomic E-state index is 12.0. The number of urea groups is 1. The van der Waals surface area contributed by atoms with Crippen molar-refractivity contribution in [1.82, 2.24) is 5.32 Å². The zero-order valence-corrected chi connectivity index (χ0v) is 12.7. The molecule has 0 aliphatic carbocycles. The molecule has 1 aliphatic rings. The minimum absolute atomic E-state index is 0.00795. The zero-order chi connectivity index (χ0) is 15.6. The van der Waals surface area contributed by atoms with E-state index in [4.69, 9.17) is 33.0 Å². The van der Waals surface area contributed by atoms with Gasteiger partial charge in [-0.25, -0.2) is 9.59 Å². The molecule has 0 spiro atoms. The van der Waals surface area contributed by atoms with Gasteiger partial charge in [-0.15, -0.1) is 0 Å². The number of aromatic carboxylic acids is 1. The van der Waals surface area contributed by atoms with Gasteiger partial charge in [-0.1, -0.05) is 23.2 Å². The van der Waals surface area contributed by atoms with Crippen LogP contribution in [0.3, 0.4) is 0 Å². The first kappa shape index (κ1) is 15.9. The van der Waals surface area contributed by atoms with Crippen LogP contribution >= 0.6 is 23.2 Å². The molecule has 1 aliphatic heterocycles. The largest absolute Gasteiger partial charge is 0.478 e. The van der Waals surface area contributed by atoms with Gasteiger partial charge in [-0.05, 0) is 25.5 Å². The average Bonchev–Trinajstić information content (AvgIpc) is 2.78. The molecule has 1 unspecified atom stereocenters. The lowest BCUT2D eigenvalue weighted by Crippen LogP contribution is -2.48. The number of hydrogen-bond acceptors (Lipinski definition) is 3. The van der Waals surface area contributed by atoms with E-state index in [2.05, 4.69) is 10.6 Å². The Morgan fingerprint density at radius 2 is 2.10 bits per heavy atom.